The lowest BCUT2D eigenvalue weighted by molar-refractivity contribution is -0.125. The Morgan fingerprint density at radius 2 is 2.00 bits per heavy atom. The van der Waals surface area contributed by atoms with Crippen molar-refractivity contribution in [2.24, 2.45) is 11.7 Å². The molecule has 6 nitrogen and oxygen atoms in total. The lowest BCUT2D eigenvalue weighted by Gasteiger charge is -2.28. The summed E-state index contributed by atoms with van der Waals surface area (Å²) in [6, 6.07) is 7.12. The quantitative estimate of drug-likeness (QED) is 0.710. The Morgan fingerprint density at radius 3 is 2.67 bits per heavy atom. The van der Waals surface area contributed by atoms with E-state index in [9.17, 15) is 9.59 Å². The van der Waals surface area contributed by atoms with Crippen LogP contribution in [-0.2, 0) is 9.59 Å². The molecule has 1 aromatic carbocycles. The zero-order valence-corrected chi connectivity index (χ0v) is 13.8. The lowest BCUT2D eigenvalue weighted by atomic mass is 9.98. The third kappa shape index (κ3) is 4.26. The summed E-state index contributed by atoms with van der Waals surface area (Å²) in [5.41, 5.74) is 6.25. The predicted octanol–water partition coefficient (Wildman–Crippen LogP) is 1.80. The van der Waals surface area contributed by atoms with Crippen molar-refractivity contribution >= 4 is 17.5 Å². The average Bonchev–Trinajstić information content (AvgIpc) is 3.34. The summed E-state index contributed by atoms with van der Waals surface area (Å²) in [5.74, 6) is 0.608. The van der Waals surface area contributed by atoms with Gasteiger partial charge in [0.2, 0.25) is 5.91 Å². The van der Waals surface area contributed by atoms with E-state index in [1.807, 2.05) is 6.07 Å². The Balaban J connectivity index is 1.50. The topological polar surface area (TPSA) is 93.4 Å². The predicted molar refractivity (Wildman–Crippen MR) is 91.7 cm³/mol. The van der Waals surface area contributed by atoms with Crippen LogP contribution in [0.15, 0.2) is 24.3 Å². The van der Waals surface area contributed by atoms with Gasteiger partial charge in [-0.25, -0.2) is 0 Å². The van der Waals surface area contributed by atoms with Crippen molar-refractivity contribution in [3.63, 3.8) is 0 Å². The first-order valence-electron chi connectivity index (χ1n) is 8.65. The number of anilines is 1. The number of ether oxygens (including phenoxy) is 1. The highest BCUT2D eigenvalue weighted by Gasteiger charge is 2.33. The monoisotopic (exact) mass is 331 g/mol. The van der Waals surface area contributed by atoms with Crippen LogP contribution in [0.4, 0.5) is 5.69 Å². The molecule has 0 bridgehead atoms. The van der Waals surface area contributed by atoms with E-state index in [0.29, 0.717) is 18.0 Å². The number of hydrogen-bond acceptors (Lipinski definition) is 4. The molecule has 2 aliphatic carbocycles. The number of nitrogens with two attached hydrogens (primary N) is 1. The molecule has 1 aromatic rings. The Bertz CT molecular complexity index is 607. The highest BCUT2D eigenvalue weighted by Crippen LogP contribution is 2.31. The van der Waals surface area contributed by atoms with Crippen LogP contribution in [0.3, 0.4) is 0 Å². The maximum Gasteiger partial charge on any atom is 0.258 e. The highest BCUT2D eigenvalue weighted by atomic mass is 16.5. The van der Waals surface area contributed by atoms with E-state index in [-0.39, 0.29) is 29.9 Å². The minimum Gasteiger partial charge on any atom is -0.484 e. The summed E-state index contributed by atoms with van der Waals surface area (Å²) in [7, 11) is 0. The van der Waals surface area contributed by atoms with Gasteiger partial charge in [0.1, 0.15) is 5.75 Å². The first-order chi connectivity index (χ1) is 11.6. The van der Waals surface area contributed by atoms with E-state index in [1.54, 1.807) is 18.2 Å². The summed E-state index contributed by atoms with van der Waals surface area (Å²) >= 11 is 0. The molecule has 4 N–H and O–H groups in total. The number of nitrogens with one attached hydrogen (secondary N) is 2. The fraction of sp³-hybridized carbons (Fsp3) is 0.556. The van der Waals surface area contributed by atoms with Crippen molar-refractivity contribution < 1.29 is 14.3 Å². The smallest absolute Gasteiger partial charge is 0.258 e. The number of benzene rings is 1. The van der Waals surface area contributed by atoms with Crippen molar-refractivity contribution in [1.82, 2.24) is 5.32 Å². The van der Waals surface area contributed by atoms with E-state index >= 15 is 0 Å². The molecule has 0 aliphatic heterocycles. The minimum absolute atomic E-state index is 0.0519. The largest absolute Gasteiger partial charge is 0.484 e. The fourth-order valence-electron chi connectivity index (χ4n) is 3.17. The van der Waals surface area contributed by atoms with Gasteiger partial charge in [0.15, 0.2) is 6.61 Å². The van der Waals surface area contributed by atoms with Crippen LogP contribution >= 0.6 is 0 Å². The molecule has 2 amide bonds. The number of hydrogen-bond donors (Lipinski definition) is 3. The Labute approximate surface area is 142 Å². The van der Waals surface area contributed by atoms with Gasteiger partial charge in [0, 0.05) is 24.2 Å². The Hall–Kier alpha value is -2.08. The molecule has 0 radical (unpaired) electrons. The first kappa shape index (κ1) is 16.8. The molecular weight excluding hydrogens is 306 g/mol. The summed E-state index contributed by atoms with van der Waals surface area (Å²) in [6.07, 6.45) is 5.98. The van der Waals surface area contributed by atoms with Gasteiger partial charge in [0.05, 0.1) is 5.54 Å². The molecule has 0 atom stereocenters. The van der Waals surface area contributed by atoms with E-state index in [2.05, 4.69) is 10.6 Å². The van der Waals surface area contributed by atoms with Gasteiger partial charge in [0.25, 0.3) is 5.91 Å². The third-order valence-corrected chi connectivity index (χ3v) is 4.78. The number of carbonyl (C=O) groups excluding carboxylic acids is 2. The van der Waals surface area contributed by atoms with Gasteiger partial charge in [-0.15, -0.1) is 0 Å². The molecule has 2 saturated carbocycles. The van der Waals surface area contributed by atoms with Gasteiger partial charge < -0.3 is 21.1 Å². The third-order valence-electron chi connectivity index (χ3n) is 4.78. The van der Waals surface area contributed by atoms with Gasteiger partial charge in [-0.3, -0.25) is 9.59 Å². The number of amides is 2. The summed E-state index contributed by atoms with van der Waals surface area (Å²) in [6.45, 7) is 0.406. The van der Waals surface area contributed by atoms with E-state index in [4.69, 9.17) is 10.5 Å². The maximum atomic E-state index is 12.1. The van der Waals surface area contributed by atoms with Crippen LogP contribution in [0.2, 0.25) is 0 Å². The molecule has 3 rings (SSSR count). The molecule has 24 heavy (non-hydrogen) atoms. The van der Waals surface area contributed by atoms with Gasteiger partial charge in [-0.1, -0.05) is 18.9 Å². The number of rotatable bonds is 7. The van der Waals surface area contributed by atoms with Crippen molar-refractivity contribution in [2.45, 2.75) is 44.1 Å². The van der Waals surface area contributed by atoms with Crippen molar-refractivity contribution in [3.05, 3.63) is 24.3 Å². The molecule has 0 aromatic heterocycles. The molecule has 0 heterocycles. The van der Waals surface area contributed by atoms with Crippen LogP contribution < -0.4 is 21.1 Å². The fourth-order valence-corrected chi connectivity index (χ4v) is 3.17. The second-order valence-corrected chi connectivity index (χ2v) is 6.82. The standard InChI is InChI=1S/C18H25N3O3/c19-12-18(8-1-2-9-18)21-16(22)11-24-15-5-3-4-14(10-15)20-17(23)13-6-7-13/h3-5,10,13H,1-2,6-9,11-12,19H2,(H,20,23)(H,21,22). The summed E-state index contributed by atoms with van der Waals surface area (Å²) in [5, 5.41) is 5.89. The lowest BCUT2D eigenvalue weighted by Crippen LogP contribution is -2.52. The van der Waals surface area contributed by atoms with E-state index in [0.717, 1.165) is 38.5 Å². The number of carbonyl (C=O) groups is 2. The van der Waals surface area contributed by atoms with Gasteiger partial charge >= 0.3 is 0 Å². The first-order valence-corrected chi connectivity index (χ1v) is 8.65. The SMILES string of the molecule is NCC1(NC(=O)COc2cccc(NC(=O)C3CC3)c2)CCCC1. The minimum atomic E-state index is -0.263. The summed E-state index contributed by atoms with van der Waals surface area (Å²) < 4.78 is 5.56. The molecule has 0 spiro atoms. The van der Waals surface area contributed by atoms with Gasteiger partial charge in [-0.05, 0) is 37.8 Å². The normalized spacial score (nSPS) is 18.9. The molecular formula is C18H25N3O3. The van der Waals surface area contributed by atoms with Crippen LogP contribution in [0, 0.1) is 5.92 Å². The van der Waals surface area contributed by atoms with Crippen molar-refractivity contribution in [2.75, 3.05) is 18.5 Å². The van der Waals surface area contributed by atoms with Crippen LogP contribution in [0.25, 0.3) is 0 Å². The van der Waals surface area contributed by atoms with Crippen molar-refractivity contribution in [3.8, 4) is 5.75 Å². The second kappa shape index (κ2) is 7.21. The Morgan fingerprint density at radius 1 is 1.25 bits per heavy atom. The zero-order chi connectivity index (χ0) is 17.0. The molecule has 2 aliphatic rings. The zero-order valence-electron chi connectivity index (χ0n) is 13.8. The Kier molecular flexibility index (Phi) is 5.04. The second-order valence-electron chi connectivity index (χ2n) is 6.82. The van der Waals surface area contributed by atoms with Gasteiger partial charge in [-0.2, -0.15) is 0 Å². The van der Waals surface area contributed by atoms with Crippen LogP contribution in [0.1, 0.15) is 38.5 Å². The van der Waals surface area contributed by atoms with Crippen LogP contribution in [-0.4, -0.2) is 30.5 Å². The molecule has 130 valence electrons. The average molecular weight is 331 g/mol. The molecule has 0 saturated heterocycles. The van der Waals surface area contributed by atoms with E-state index < -0.39 is 0 Å². The highest BCUT2D eigenvalue weighted by molar-refractivity contribution is 5.94. The summed E-state index contributed by atoms with van der Waals surface area (Å²) in [4.78, 5) is 23.9. The molecule has 6 heteroatoms. The van der Waals surface area contributed by atoms with Crippen LogP contribution in [0.5, 0.6) is 5.75 Å². The maximum absolute atomic E-state index is 12.1. The molecule has 0 unspecified atom stereocenters. The van der Waals surface area contributed by atoms with E-state index in [1.165, 1.54) is 0 Å². The van der Waals surface area contributed by atoms with Crippen molar-refractivity contribution in [1.29, 1.82) is 0 Å². The molecule has 2 fully saturated rings.